The lowest BCUT2D eigenvalue weighted by Crippen LogP contribution is -2.27. The monoisotopic (exact) mass is 442 g/mol. The molecule has 0 atom stereocenters. The van der Waals surface area contributed by atoms with Crippen LogP contribution in [0, 0.1) is 6.92 Å². The van der Waals surface area contributed by atoms with Gasteiger partial charge in [-0.2, -0.15) is 0 Å². The summed E-state index contributed by atoms with van der Waals surface area (Å²) in [6.45, 7) is 2.84. The second-order valence-corrected chi connectivity index (χ2v) is 8.25. The Morgan fingerprint density at radius 2 is 1.38 bits per heavy atom. The number of nitrogens with zero attached hydrogens (tertiary/aromatic N) is 4. The average Bonchev–Trinajstić information content (AvgIpc) is 2.92. The molecule has 0 saturated heterocycles. The van der Waals surface area contributed by atoms with E-state index in [1.807, 2.05) is 30.6 Å². The van der Waals surface area contributed by atoms with Gasteiger partial charge < -0.3 is 4.90 Å². The summed E-state index contributed by atoms with van der Waals surface area (Å²) in [7, 11) is 0. The molecule has 4 heteroatoms. The predicted molar refractivity (Wildman–Crippen MR) is 138 cm³/mol. The fourth-order valence-electron chi connectivity index (χ4n) is 4.26. The first-order chi connectivity index (χ1) is 16.8. The highest BCUT2D eigenvalue weighted by Gasteiger charge is 2.23. The van der Waals surface area contributed by atoms with Crippen LogP contribution in [0.1, 0.15) is 22.6 Å². The molecule has 2 heterocycles. The fraction of sp³-hybridized carbons (Fsp3) is 0.100. The zero-order chi connectivity index (χ0) is 23.2. The number of anilines is 2. The Morgan fingerprint density at radius 3 is 2.03 bits per heavy atom. The van der Waals surface area contributed by atoms with Crippen LogP contribution < -0.4 is 4.90 Å². The molecule has 0 bridgehead atoms. The van der Waals surface area contributed by atoms with Gasteiger partial charge in [-0.1, -0.05) is 78.9 Å². The van der Waals surface area contributed by atoms with E-state index >= 15 is 0 Å². The van der Waals surface area contributed by atoms with Crippen molar-refractivity contribution < 1.29 is 0 Å². The normalized spacial score (nSPS) is 10.9. The third kappa shape index (κ3) is 4.71. The minimum Gasteiger partial charge on any atom is -0.309 e. The van der Waals surface area contributed by atoms with Crippen LogP contribution in [0.15, 0.2) is 122 Å². The quantitative estimate of drug-likeness (QED) is 0.277. The molecule has 0 spiro atoms. The first-order valence-electron chi connectivity index (χ1n) is 11.5. The second-order valence-electron chi connectivity index (χ2n) is 8.25. The molecule has 166 valence electrons. The summed E-state index contributed by atoms with van der Waals surface area (Å²) in [5, 5.41) is 0. The zero-order valence-corrected chi connectivity index (χ0v) is 19.1. The van der Waals surface area contributed by atoms with Crippen LogP contribution in [-0.2, 0) is 0 Å². The molecule has 0 aliphatic heterocycles. The summed E-state index contributed by atoms with van der Waals surface area (Å²) in [5.41, 5.74) is 6.62. The van der Waals surface area contributed by atoms with Gasteiger partial charge in [-0.25, -0.2) is 9.97 Å². The maximum atomic E-state index is 4.98. The van der Waals surface area contributed by atoms with Gasteiger partial charge in [0, 0.05) is 42.3 Å². The molecule has 0 unspecified atom stereocenters. The highest BCUT2D eigenvalue weighted by Crippen LogP contribution is 2.33. The van der Waals surface area contributed by atoms with Crippen molar-refractivity contribution >= 4 is 11.6 Å². The van der Waals surface area contributed by atoms with E-state index in [1.54, 1.807) is 6.20 Å². The smallest absolute Gasteiger partial charge is 0.230 e. The van der Waals surface area contributed by atoms with Gasteiger partial charge in [0.25, 0.3) is 0 Å². The van der Waals surface area contributed by atoms with E-state index < -0.39 is 0 Å². The SMILES string of the molecule is Cc1ccccc1N(CC(c1ccccc1)c1ccccc1)c1nccc(-c2cccnc2)n1. The van der Waals surface area contributed by atoms with Crippen LogP contribution in [0.25, 0.3) is 11.3 Å². The summed E-state index contributed by atoms with van der Waals surface area (Å²) in [4.78, 5) is 16.2. The lowest BCUT2D eigenvalue weighted by Gasteiger charge is -2.30. The van der Waals surface area contributed by atoms with Crippen LogP contribution in [0.4, 0.5) is 11.6 Å². The van der Waals surface area contributed by atoms with Crippen LogP contribution in [0.5, 0.6) is 0 Å². The summed E-state index contributed by atoms with van der Waals surface area (Å²) in [5.74, 6) is 0.820. The molecule has 0 radical (unpaired) electrons. The molecular weight excluding hydrogens is 416 g/mol. The fourth-order valence-corrected chi connectivity index (χ4v) is 4.26. The molecule has 3 aromatic carbocycles. The molecule has 0 saturated carbocycles. The van der Waals surface area contributed by atoms with Crippen LogP contribution in [0.2, 0.25) is 0 Å². The lowest BCUT2D eigenvalue weighted by atomic mass is 9.90. The van der Waals surface area contributed by atoms with Gasteiger partial charge >= 0.3 is 0 Å². The van der Waals surface area contributed by atoms with Crippen LogP contribution >= 0.6 is 0 Å². The summed E-state index contributed by atoms with van der Waals surface area (Å²) in [6, 6.07) is 35.6. The number of aryl methyl sites for hydroxylation is 1. The molecule has 0 fully saturated rings. The van der Waals surface area contributed by atoms with Gasteiger partial charge in [0.1, 0.15) is 0 Å². The number of rotatable bonds is 7. The Kier molecular flexibility index (Phi) is 6.39. The van der Waals surface area contributed by atoms with Crippen molar-refractivity contribution in [1.82, 2.24) is 15.0 Å². The third-order valence-corrected chi connectivity index (χ3v) is 6.02. The third-order valence-electron chi connectivity index (χ3n) is 6.02. The van der Waals surface area contributed by atoms with Crippen molar-refractivity contribution in [3.63, 3.8) is 0 Å². The minimum atomic E-state index is 0.146. The highest BCUT2D eigenvalue weighted by atomic mass is 15.3. The maximum Gasteiger partial charge on any atom is 0.230 e. The van der Waals surface area contributed by atoms with Crippen molar-refractivity contribution in [2.45, 2.75) is 12.8 Å². The van der Waals surface area contributed by atoms with Crippen molar-refractivity contribution in [2.75, 3.05) is 11.4 Å². The van der Waals surface area contributed by atoms with Crippen LogP contribution in [0.3, 0.4) is 0 Å². The molecular formula is C30H26N4. The number of para-hydroxylation sites is 1. The number of pyridine rings is 1. The molecule has 5 rings (SSSR count). The molecule has 0 N–H and O–H groups in total. The van der Waals surface area contributed by atoms with E-state index in [4.69, 9.17) is 9.97 Å². The molecule has 34 heavy (non-hydrogen) atoms. The molecule has 4 nitrogen and oxygen atoms in total. The van der Waals surface area contributed by atoms with Crippen molar-refractivity contribution in [3.8, 4) is 11.3 Å². The Bertz CT molecular complexity index is 1300. The van der Waals surface area contributed by atoms with Gasteiger partial charge in [0.2, 0.25) is 5.95 Å². The second kappa shape index (κ2) is 10.1. The molecule has 0 aliphatic rings. The Balaban J connectivity index is 1.62. The zero-order valence-electron chi connectivity index (χ0n) is 19.1. The maximum absolute atomic E-state index is 4.98. The van der Waals surface area contributed by atoms with E-state index in [1.165, 1.54) is 16.7 Å². The molecule has 2 aromatic heterocycles. The van der Waals surface area contributed by atoms with Crippen LogP contribution in [-0.4, -0.2) is 21.5 Å². The molecule has 0 amide bonds. The standard InChI is InChI=1S/C30H26N4/c1-23-11-8-9-17-29(23)34(30-32-20-18-28(33-30)26-16-10-19-31-21-26)22-27(24-12-4-2-5-13-24)25-14-6-3-7-15-25/h2-21,27H,22H2,1H3. The van der Waals surface area contributed by atoms with Crippen molar-refractivity contribution in [1.29, 1.82) is 0 Å². The summed E-state index contributed by atoms with van der Waals surface area (Å²) >= 11 is 0. The Labute approximate surface area is 200 Å². The minimum absolute atomic E-state index is 0.146. The Hall–Kier alpha value is -4.31. The van der Waals surface area contributed by atoms with Gasteiger partial charge in [0.05, 0.1) is 5.69 Å². The highest BCUT2D eigenvalue weighted by molar-refractivity contribution is 5.65. The predicted octanol–water partition coefficient (Wildman–Crippen LogP) is 6.82. The van der Waals surface area contributed by atoms with E-state index in [2.05, 4.69) is 102 Å². The topological polar surface area (TPSA) is 41.9 Å². The van der Waals surface area contributed by atoms with E-state index in [0.717, 1.165) is 16.9 Å². The van der Waals surface area contributed by atoms with Gasteiger partial charge in [-0.05, 0) is 47.9 Å². The average molecular weight is 443 g/mol. The van der Waals surface area contributed by atoms with Gasteiger partial charge in [-0.15, -0.1) is 0 Å². The van der Waals surface area contributed by atoms with Gasteiger partial charge in [-0.3, -0.25) is 4.98 Å². The van der Waals surface area contributed by atoms with Crippen molar-refractivity contribution in [3.05, 3.63) is 138 Å². The summed E-state index contributed by atoms with van der Waals surface area (Å²) in [6.07, 6.45) is 5.44. The van der Waals surface area contributed by atoms with E-state index in [0.29, 0.717) is 12.5 Å². The number of benzene rings is 3. The molecule has 0 aliphatic carbocycles. The largest absolute Gasteiger partial charge is 0.309 e. The van der Waals surface area contributed by atoms with Crippen molar-refractivity contribution in [2.24, 2.45) is 0 Å². The Morgan fingerprint density at radius 1 is 0.706 bits per heavy atom. The number of hydrogen-bond acceptors (Lipinski definition) is 4. The first-order valence-corrected chi connectivity index (χ1v) is 11.5. The molecule has 5 aromatic rings. The summed E-state index contributed by atoms with van der Waals surface area (Å²) < 4.78 is 0. The van der Waals surface area contributed by atoms with E-state index in [-0.39, 0.29) is 5.92 Å². The number of aromatic nitrogens is 3. The first kappa shape index (κ1) is 21.5. The number of hydrogen-bond donors (Lipinski definition) is 0. The lowest BCUT2D eigenvalue weighted by molar-refractivity contribution is 0.774. The van der Waals surface area contributed by atoms with E-state index in [9.17, 15) is 0 Å². The van der Waals surface area contributed by atoms with Gasteiger partial charge in [0.15, 0.2) is 0 Å².